The lowest BCUT2D eigenvalue weighted by atomic mass is 9.87. The predicted molar refractivity (Wildman–Crippen MR) is 205 cm³/mol. The molecule has 7 rings (SSSR count). The van der Waals surface area contributed by atoms with E-state index in [9.17, 15) is 5.11 Å². The van der Waals surface area contributed by atoms with Gasteiger partial charge in [0.25, 0.3) is 0 Å². The normalized spacial score (nSPS) is 20.0. The van der Waals surface area contributed by atoms with Gasteiger partial charge in [-0.2, -0.15) is 0 Å². The molecule has 53 heavy (non-hydrogen) atoms. The number of hydrogen-bond acceptors (Lipinski definition) is 7. The van der Waals surface area contributed by atoms with Gasteiger partial charge in [-0.1, -0.05) is 146 Å². The monoisotopic (exact) mass is 710 g/mol. The average Bonchev–Trinajstić information content (AvgIpc) is 3.22. The third-order valence-electron chi connectivity index (χ3n) is 9.67. The molecule has 1 N–H and O–H groups in total. The van der Waals surface area contributed by atoms with E-state index >= 15 is 0 Å². The second kappa shape index (κ2) is 18.3. The van der Waals surface area contributed by atoms with Crippen LogP contribution >= 0.6 is 0 Å². The standard InChI is InChI=1S/C46H46O7/c1-48-42-37(27-47)26-40(38-24-14-15-25-39(38)42)43-45(51-30-35-20-10-4-11-21-35)46(52-31-36-22-12-5-13-23-36)44(50-29-34-18-8-3-9-19-34)41(53-43)32-49-28-33-16-6-2-7-17-33/h2-26,41,43-47H,27-32H2,1H3/t41-,43+,44-,45+,46+/m1/s1. The number of benzene rings is 6. The molecule has 1 heterocycles. The number of fused-ring (bicyclic) bond motifs is 1. The summed E-state index contributed by atoms with van der Waals surface area (Å²) in [6.07, 6.45) is -2.92. The molecular formula is C46H46O7. The summed E-state index contributed by atoms with van der Waals surface area (Å²) in [7, 11) is 1.63. The number of aliphatic hydroxyl groups is 1. The molecule has 5 atom stereocenters. The van der Waals surface area contributed by atoms with Crippen molar-refractivity contribution in [3.63, 3.8) is 0 Å². The van der Waals surface area contributed by atoms with E-state index in [1.54, 1.807) is 7.11 Å². The van der Waals surface area contributed by atoms with Crippen LogP contribution in [0.25, 0.3) is 10.8 Å². The molecule has 6 aromatic rings. The zero-order chi connectivity index (χ0) is 36.2. The van der Waals surface area contributed by atoms with Crippen LogP contribution in [0.1, 0.15) is 39.5 Å². The van der Waals surface area contributed by atoms with E-state index in [2.05, 4.69) is 42.5 Å². The Balaban J connectivity index is 1.32. The number of methoxy groups -OCH3 is 1. The first-order valence-corrected chi connectivity index (χ1v) is 18.1. The lowest BCUT2D eigenvalue weighted by molar-refractivity contribution is -0.274. The molecule has 7 heteroatoms. The van der Waals surface area contributed by atoms with Gasteiger partial charge in [-0.15, -0.1) is 0 Å². The fourth-order valence-electron chi connectivity index (χ4n) is 7.07. The quantitative estimate of drug-likeness (QED) is 0.108. The molecule has 0 aliphatic carbocycles. The molecule has 1 saturated heterocycles. The summed E-state index contributed by atoms with van der Waals surface area (Å²) in [5.41, 5.74) is 5.69. The second-order valence-electron chi connectivity index (χ2n) is 13.2. The summed E-state index contributed by atoms with van der Waals surface area (Å²) in [5, 5.41) is 12.4. The van der Waals surface area contributed by atoms with Crippen molar-refractivity contribution in [2.45, 2.75) is 63.6 Å². The molecule has 0 bridgehead atoms. The van der Waals surface area contributed by atoms with Crippen molar-refractivity contribution in [3.8, 4) is 5.75 Å². The summed E-state index contributed by atoms with van der Waals surface area (Å²) in [4.78, 5) is 0. The molecular weight excluding hydrogens is 664 g/mol. The lowest BCUT2D eigenvalue weighted by Crippen LogP contribution is -2.58. The Hall–Kier alpha value is -4.86. The van der Waals surface area contributed by atoms with Gasteiger partial charge in [0, 0.05) is 10.9 Å². The molecule has 0 unspecified atom stereocenters. The Labute approximate surface area is 311 Å². The van der Waals surface area contributed by atoms with Gasteiger partial charge < -0.3 is 33.5 Å². The fourth-order valence-corrected chi connectivity index (χ4v) is 7.07. The number of rotatable bonds is 16. The Morgan fingerprint density at radius 2 is 0.981 bits per heavy atom. The van der Waals surface area contributed by atoms with Gasteiger partial charge in [0.2, 0.25) is 0 Å². The summed E-state index contributed by atoms with van der Waals surface area (Å²) in [6, 6.07) is 50.5. The lowest BCUT2D eigenvalue weighted by Gasteiger charge is -2.46. The molecule has 1 aliphatic heterocycles. The van der Waals surface area contributed by atoms with Gasteiger partial charge in [0.1, 0.15) is 36.3 Å². The van der Waals surface area contributed by atoms with Crippen LogP contribution in [0.3, 0.4) is 0 Å². The van der Waals surface area contributed by atoms with Crippen molar-refractivity contribution < 1.29 is 33.5 Å². The summed E-state index contributed by atoms with van der Waals surface area (Å²) < 4.78 is 40.2. The van der Waals surface area contributed by atoms with Crippen LogP contribution in [0.4, 0.5) is 0 Å². The van der Waals surface area contributed by atoms with Gasteiger partial charge in [0.05, 0.1) is 46.8 Å². The summed E-state index contributed by atoms with van der Waals surface area (Å²) in [5.74, 6) is 0.633. The molecule has 272 valence electrons. The van der Waals surface area contributed by atoms with E-state index in [-0.39, 0.29) is 13.2 Å². The molecule has 0 spiro atoms. The minimum atomic E-state index is -0.623. The Kier molecular flexibility index (Phi) is 12.6. The number of ether oxygens (including phenoxy) is 6. The van der Waals surface area contributed by atoms with Crippen LogP contribution < -0.4 is 4.74 Å². The van der Waals surface area contributed by atoms with Crippen LogP contribution in [-0.4, -0.2) is 43.2 Å². The van der Waals surface area contributed by atoms with E-state index in [0.29, 0.717) is 37.7 Å². The first kappa shape index (κ1) is 36.5. The molecule has 0 amide bonds. The third-order valence-corrected chi connectivity index (χ3v) is 9.67. The van der Waals surface area contributed by atoms with Crippen LogP contribution in [-0.2, 0) is 56.7 Å². The molecule has 1 fully saturated rings. The minimum absolute atomic E-state index is 0.205. The van der Waals surface area contributed by atoms with E-state index in [4.69, 9.17) is 28.4 Å². The summed E-state index contributed by atoms with van der Waals surface area (Å²) in [6.45, 7) is 1.49. The van der Waals surface area contributed by atoms with Crippen LogP contribution in [0.5, 0.6) is 5.75 Å². The Morgan fingerprint density at radius 1 is 0.528 bits per heavy atom. The Morgan fingerprint density at radius 3 is 1.49 bits per heavy atom. The zero-order valence-electron chi connectivity index (χ0n) is 30.0. The highest BCUT2D eigenvalue weighted by Gasteiger charge is 2.49. The van der Waals surface area contributed by atoms with Gasteiger partial charge >= 0.3 is 0 Å². The largest absolute Gasteiger partial charge is 0.496 e. The predicted octanol–water partition coefficient (Wildman–Crippen LogP) is 8.75. The van der Waals surface area contributed by atoms with Gasteiger partial charge in [0.15, 0.2) is 0 Å². The van der Waals surface area contributed by atoms with Crippen LogP contribution in [0.15, 0.2) is 152 Å². The van der Waals surface area contributed by atoms with Crippen molar-refractivity contribution in [1.29, 1.82) is 0 Å². The minimum Gasteiger partial charge on any atom is -0.496 e. The van der Waals surface area contributed by atoms with Gasteiger partial charge in [-0.25, -0.2) is 0 Å². The smallest absolute Gasteiger partial charge is 0.132 e. The molecule has 6 aromatic carbocycles. The highest BCUT2D eigenvalue weighted by atomic mass is 16.6. The van der Waals surface area contributed by atoms with Crippen molar-refractivity contribution in [3.05, 3.63) is 185 Å². The highest BCUT2D eigenvalue weighted by Crippen LogP contribution is 2.43. The van der Waals surface area contributed by atoms with E-state index in [0.717, 1.165) is 38.6 Å². The van der Waals surface area contributed by atoms with Crippen LogP contribution in [0.2, 0.25) is 0 Å². The van der Waals surface area contributed by atoms with E-state index < -0.39 is 30.5 Å². The maximum Gasteiger partial charge on any atom is 0.132 e. The summed E-state index contributed by atoms with van der Waals surface area (Å²) >= 11 is 0. The van der Waals surface area contributed by atoms with E-state index in [1.807, 2.05) is 109 Å². The second-order valence-corrected chi connectivity index (χ2v) is 13.2. The SMILES string of the molecule is COc1c(CO)cc([C@@H]2O[C@H](COCc3ccccc3)[C@@H](OCc3ccccc3)[C@H](OCc3ccccc3)[C@H]2OCc2ccccc2)c2ccccc12. The van der Waals surface area contributed by atoms with Gasteiger partial charge in [-0.05, 0) is 39.3 Å². The van der Waals surface area contributed by atoms with Crippen molar-refractivity contribution in [1.82, 2.24) is 0 Å². The molecule has 1 aliphatic rings. The van der Waals surface area contributed by atoms with Crippen molar-refractivity contribution in [2.75, 3.05) is 13.7 Å². The third kappa shape index (κ3) is 9.03. The number of aliphatic hydroxyl groups excluding tert-OH is 1. The number of hydrogen-bond donors (Lipinski definition) is 1. The van der Waals surface area contributed by atoms with E-state index in [1.165, 1.54) is 0 Å². The molecule has 0 saturated carbocycles. The molecule has 0 radical (unpaired) electrons. The maximum atomic E-state index is 10.6. The topological polar surface area (TPSA) is 75.6 Å². The zero-order valence-corrected chi connectivity index (χ0v) is 30.0. The van der Waals surface area contributed by atoms with Crippen LogP contribution in [0, 0.1) is 0 Å². The fraction of sp³-hybridized carbons (Fsp3) is 0.261. The first-order valence-electron chi connectivity index (χ1n) is 18.1. The maximum absolute atomic E-state index is 10.6. The van der Waals surface area contributed by atoms with Crippen molar-refractivity contribution >= 4 is 10.8 Å². The van der Waals surface area contributed by atoms with Gasteiger partial charge in [-0.3, -0.25) is 0 Å². The Bertz CT molecular complexity index is 1990. The highest BCUT2D eigenvalue weighted by molar-refractivity contribution is 5.92. The average molecular weight is 711 g/mol. The van der Waals surface area contributed by atoms with Crippen molar-refractivity contribution in [2.24, 2.45) is 0 Å². The molecule has 0 aromatic heterocycles. The molecule has 7 nitrogen and oxygen atoms in total. The first-order chi connectivity index (χ1) is 26.2.